The maximum absolute atomic E-state index is 11.1. The minimum absolute atomic E-state index is 0.0907. The standard InChI is InChI=1S/C27H16Cl2N6O6/c28-17-7-15(25(36)23(9-17)34(38)39)12-30-19-3-1-14(2-4-19)27-32-21-6-5-20(11-22(21)33-27)31-13-16-8-18(29)10-24(26(16)37)35(40)41/h1-13,36-37H,(H,32,33). The normalized spacial score (nSPS) is 11.6. The third kappa shape index (κ3) is 5.83. The van der Waals surface area contributed by atoms with Gasteiger partial charge in [0.05, 0.1) is 32.3 Å². The van der Waals surface area contributed by atoms with Crippen molar-refractivity contribution in [3.63, 3.8) is 0 Å². The number of nitro benzene ring substituents is 2. The van der Waals surface area contributed by atoms with Crippen LogP contribution in [0.3, 0.4) is 0 Å². The zero-order valence-electron chi connectivity index (χ0n) is 20.5. The van der Waals surface area contributed by atoms with E-state index in [1.807, 2.05) is 0 Å². The van der Waals surface area contributed by atoms with Gasteiger partial charge < -0.3 is 15.2 Å². The predicted octanol–water partition coefficient (Wildman–Crippen LogP) is 7.27. The van der Waals surface area contributed by atoms with Crippen LogP contribution in [-0.2, 0) is 0 Å². The van der Waals surface area contributed by atoms with Gasteiger partial charge in [-0.2, -0.15) is 0 Å². The molecule has 0 amide bonds. The van der Waals surface area contributed by atoms with Gasteiger partial charge in [-0.05, 0) is 54.6 Å². The smallest absolute Gasteiger partial charge is 0.312 e. The van der Waals surface area contributed by atoms with E-state index in [4.69, 9.17) is 23.2 Å². The van der Waals surface area contributed by atoms with E-state index in [2.05, 4.69) is 20.0 Å². The van der Waals surface area contributed by atoms with E-state index in [0.29, 0.717) is 28.2 Å². The Morgan fingerprint density at radius 3 is 1.80 bits per heavy atom. The lowest BCUT2D eigenvalue weighted by Gasteiger charge is -2.02. The van der Waals surface area contributed by atoms with Crippen LogP contribution in [0.25, 0.3) is 22.4 Å². The fourth-order valence-electron chi connectivity index (χ4n) is 3.89. The van der Waals surface area contributed by atoms with Crippen molar-refractivity contribution in [2.45, 2.75) is 0 Å². The Balaban J connectivity index is 1.36. The topological polar surface area (TPSA) is 180 Å². The van der Waals surface area contributed by atoms with Crippen molar-refractivity contribution >= 4 is 69.4 Å². The zero-order chi connectivity index (χ0) is 29.3. The molecule has 0 aliphatic heterocycles. The van der Waals surface area contributed by atoms with Crippen molar-refractivity contribution < 1.29 is 20.1 Å². The molecule has 41 heavy (non-hydrogen) atoms. The summed E-state index contributed by atoms with van der Waals surface area (Å²) in [5.41, 5.74) is 2.29. The van der Waals surface area contributed by atoms with Crippen molar-refractivity contribution in [3.8, 4) is 22.9 Å². The molecule has 1 aromatic heterocycles. The van der Waals surface area contributed by atoms with Gasteiger partial charge >= 0.3 is 11.4 Å². The molecule has 0 aliphatic carbocycles. The SMILES string of the molecule is O=[N+]([O-])c1cc(Cl)cc(C=Nc2ccc(-c3nc4ccc(N=Cc5cc(Cl)cc([N+](=O)[O-])c5O)cc4[nH]3)cc2)c1O. The number of phenolic OH excluding ortho intramolecular Hbond substituents is 2. The van der Waals surface area contributed by atoms with Gasteiger partial charge in [-0.1, -0.05) is 23.2 Å². The number of benzene rings is 4. The van der Waals surface area contributed by atoms with Gasteiger partial charge in [-0.3, -0.25) is 30.2 Å². The number of rotatable bonds is 7. The van der Waals surface area contributed by atoms with Crippen LogP contribution in [-0.4, -0.2) is 42.5 Å². The monoisotopic (exact) mass is 590 g/mol. The Morgan fingerprint density at radius 1 is 0.756 bits per heavy atom. The van der Waals surface area contributed by atoms with E-state index in [1.165, 1.54) is 24.6 Å². The molecule has 0 saturated heterocycles. The van der Waals surface area contributed by atoms with E-state index >= 15 is 0 Å². The van der Waals surface area contributed by atoms with Crippen LogP contribution >= 0.6 is 23.2 Å². The molecule has 0 spiro atoms. The third-order valence-electron chi connectivity index (χ3n) is 5.87. The maximum Gasteiger partial charge on any atom is 0.312 e. The Kier molecular flexibility index (Phi) is 7.34. The van der Waals surface area contributed by atoms with Crippen LogP contribution in [0.5, 0.6) is 11.5 Å². The molecule has 4 aromatic carbocycles. The number of halogens is 2. The summed E-state index contributed by atoms with van der Waals surface area (Å²) in [6, 6.07) is 17.0. The van der Waals surface area contributed by atoms with Crippen molar-refractivity contribution in [2.75, 3.05) is 0 Å². The van der Waals surface area contributed by atoms with Crippen molar-refractivity contribution in [2.24, 2.45) is 9.98 Å². The Morgan fingerprint density at radius 2 is 1.27 bits per heavy atom. The van der Waals surface area contributed by atoms with E-state index in [9.17, 15) is 30.4 Å². The first-order valence-corrected chi connectivity index (χ1v) is 12.4. The third-order valence-corrected chi connectivity index (χ3v) is 6.31. The molecule has 0 radical (unpaired) electrons. The molecule has 5 aromatic rings. The molecule has 5 rings (SSSR count). The number of aromatic nitrogens is 2. The van der Waals surface area contributed by atoms with Gasteiger partial charge in [0.25, 0.3) is 0 Å². The Bertz CT molecular complexity index is 1900. The van der Waals surface area contributed by atoms with Crippen molar-refractivity contribution in [1.82, 2.24) is 9.97 Å². The van der Waals surface area contributed by atoms with Crippen molar-refractivity contribution in [1.29, 1.82) is 0 Å². The number of nitrogens with one attached hydrogen (secondary N) is 1. The summed E-state index contributed by atoms with van der Waals surface area (Å²) in [7, 11) is 0. The summed E-state index contributed by atoms with van der Waals surface area (Å²) in [6.07, 6.45) is 2.57. The Hall–Kier alpha value is -5.33. The van der Waals surface area contributed by atoms with Gasteiger partial charge in [0.15, 0.2) is 0 Å². The highest BCUT2D eigenvalue weighted by Crippen LogP contribution is 2.34. The number of hydrogen-bond acceptors (Lipinski definition) is 9. The lowest BCUT2D eigenvalue weighted by Crippen LogP contribution is -1.92. The first-order chi connectivity index (χ1) is 19.6. The largest absolute Gasteiger partial charge is 0.502 e. The molecule has 204 valence electrons. The zero-order valence-corrected chi connectivity index (χ0v) is 22.0. The summed E-state index contributed by atoms with van der Waals surface area (Å²) in [5, 5.41) is 42.7. The van der Waals surface area contributed by atoms with Crippen LogP contribution in [0.4, 0.5) is 22.7 Å². The average molecular weight is 591 g/mol. The van der Waals surface area contributed by atoms with Crippen LogP contribution < -0.4 is 0 Å². The fraction of sp³-hybridized carbons (Fsp3) is 0. The van der Waals surface area contributed by atoms with Gasteiger partial charge in [0.1, 0.15) is 5.82 Å². The number of hydrogen-bond donors (Lipinski definition) is 3. The number of fused-ring (bicyclic) bond motifs is 1. The second-order valence-electron chi connectivity index (χ2n) is 8.59. The van der Waals surface area contributed by atoms with Crippen LogP contribution in [0.2, 0.25) is 10.0 Å². The van der Waals surface area contributed by atoms with Crippen LogP contribution in [0.1, 0.15) is 11.1 Å². The van der Waals surface area contributed by atoms with Gasteiger partial charge in [-0.15, -0.1) is 0 Å². The molecule has 0 atom stereocenters. The molecule has 12 nitrogen and oxygen atoms in total. The average Bonchev–Trinajstić information content (AvgIpc) is 3.37. The summed E-state index contributed by atoms with van der Waals surface area (Å²) >= 11 is 11.9. The van der Waals surface area contributed by atoms with E-state index < -0.39 is 32.7 Å². The second-order valence-corrected chi connectivity index (χ2v) is 9.46. The fourth-order valence-corrected chi connectivity index (χ4v) is 4.34. The molecule has 0 saturated carbocycles. The number of nitro groups is 2. The number of aromatic amines is 1. The van der Waals surface area contributed by atoms with Gasteiger partial charge in [0.2, 0.25) is 11.5 Å². The lowest BCUT2D eigenvalue weighted by atomic mass is 10.1. The summed E-state index contributed by atoms with van der Waals surface area (Å²) in [6.45, 7) is 0. The highest BCUT2D eigenvalue weighted by Gasteiger charge is 2.19. The molecule has 0 aliphatic rings. The number of imidazole rings is 1. The minimum Gasteiger partial charge on any atom is -0.502 e. The highest BCUT2D eigenvalue weighted by molar-refractivity contribution is 6.31. The highest BCUT2D eigenvalue weighted by atomic mass is 35.5. The molecule has 1 heterocycles. The molecular formula is C27H16Cl2N6O6. The van der Waals surface area contributed by atoms with E-state index in [-0.39, 0.29) is 21.2 Å². The molecule has 3 N–H and O–H groups in total. The molecule has 14 heteroatoms. The molecule has 0 fully saturated rings. The van der Waals surface area contributed by atoms with Crippen LogP contribution in [0, 0.1) is 20.2 Å². The predicted molar refractivity (Wildman–Crippen MR) is 156 cm³/mol. The number of nitrogens with zero attached hydrogens (tertiary/aromatic N) is 5. The van der Waals surface area contributed by atoms with E-state index in [0.717, 1.165) is 17.7 Å². The van der Waals surface area contributed by atoms with E-state index in [1.54, 1.807) is 42.5 Å². The van der Waals surface area contributed by atoms with Crippen molar-refractivity contribution in [3.05, 3.63) is 108 Å². The molecular weight excluding hydrogens is 575 g/mol. The minimum atomic E-state index is -0.728. The number of aliphatic imine (C=N–C) groups is 2. The summed E-state index contributed by atoms with van der Waals surface area (Å²) in [4.78, 5) is 37.1. The number of phenols is 2. The second kappa shape index (κ2) is 11.0. The number of aromatic hydroxyl groups is 2. The Labute approximate surface area is 240 Å². The summed E-state index contributed by atoms with van der Waals surface area (Å²) in [5.74, 6) is -0.495. The lowest BCUT2D eigenvalue weighted by molar-refractivity contribution is -0.386. The molecule has 0 bridgehead atoms. The first-order valence-electron chi connectivity index (χ1n) is 11.6. The van der Waals surface area contributed by atoms with Gasteiger partial charge in [0, 0.05) is 51.3 Å². The summed E-state index contributed by atoms with van der Waals surface area (Å²) < 4.78 is 0. The van der Waals surface area contributed by atoms with Gasteiger partial charge in [-0.25, -0.2) is 4.98 Å². The van der Waals surface area contributed by atoms with Crippen LogP contribution in [0.15, 0.2) is 76.7 Å². The quantitative estimate of drug-likeness (QED) is 0.101. The first kappa shape index (κ1) is 27.2. The maximum atomic E-state index is 11.1. The molecule has 0 unspecified atom stereocenters. The number of H-pyrrole nitrogens is 1.